The molecule has 0 spiro atoms. The fourth-order valence-corrected chi connectivity index (χ4v) is 4.22. The zero-order chi connectivity index (χ0) is 18.1. The van der Waals surface area contributed by atoms with Crippen molar-refractivity contribution in [2.24, 2.45) is 10.7 Å². The first-order valence-electron chi connectivity index (χ1n) is 7.52. The van der Waals surface area contributed by atoms with Crippen molar-refractivity contribution >= 4 is 61.8 Å². The summed E-state index contributed by atoms with van der Waals surface area (Å²) in [6.07, 6.45) is 3.72. The molecular weight excluding hydrogens is 392 g/mol. The highest BCUT2D eigenvalue weighted by Gasteiger charge is 2.18. The van der Waals surface area contributed by atoms with Crippen LogP contribution in [-0.2, 0) is 4.18 Å². The van der Waals surface area contributed by atoms with Crippen molar-refractivity contribution < 1.29 is 8.98 Å². The van der Waals surface area contributed by atoms with Crippen molar-refractivity contribution in [3.05, 3.63) is 53.2 Å². The summed E-state index contributed by atoms with van der Waals surface area (Å²) in [5, 5.41) is 10.1. The highest BCUT2D eigenvalue weighted by atomic mass is 35.5. The number of rotatable bonds is 3. The lowest BCUT2D eigenvalue weighted by atomic mass is 10.1. The molecule has 0 unspecified atom stereocenters. The van der Waals surface area contributed by atoms with E-state index in [2.05, 4.69) is 15.2 Å². The Morgan fingerprint density at radius 3 is 2.77 bits per heavy atom. The summed E-state index contributed by atoms with van der Waals surface area (Å²) in [4.78, 5) is 17.2. The van der Waals surface area contributed by atoms with E-state index in [-0.39, 0.29) is 5.69 Å². The molecule has 0 saturated carbocycles. The van der Waals surface area contributed by atoms with Crippen LogP contribution in [0.4, 0.5) is 5.82 Å². The molecule has 3 aromatic rings. The fraction of sp³-hybridized carbons (Fsp3) is 0.0588. The maximum Gasteiger partial charge on any atom is 0.270 e. The van der Waals surface area contributed by atoms with Crippen LogP contribution in [0.3, 0.4) is 0 Å². The maximum atomic E-state index is 11.7. The van der Waals surface area contributed by atoms with E-state index >= 15 is 0 Å². The lowest BCUT2D eigenvalue weighted by molar-refractivity contribution is 0.0996. The van der Waals surface area contributed by atoms with Gasteiger partial charge in [0.15, 0.2) is 11.5 Å². The number of aromatic nitrogens is 2. The van der Waals surface area contributed by atoms with Gasteiger partial charge >= 0.3 is 0 Å². The molecule has 1 aliphatic heterocycles. The van der Waals surface area contributed by atoms with Crippen molar-refractivity contribution in [1.29, 1.82) is 0 Å². The number of carbonyl (C=O) groups is 1. The smallest absolute Gasteiger partial charge is 0.270 e. The number of nitrogens with zero attached hydrogens (tertiary/aromatic N) is 3. The van der Waals surface area contributed by atoms with E-state index in [1.165, 1.54) is 23.4 Å². The number of hydrogen-bond acceptors (Lipinski definition) is 7. The molecule has 3 heterocycles. The van der Waals surface area contributed by atoms with Gasteiger partial charge in [0.1, 0.15) is 5.04 Å². The Morgan fingerprint density at radius 1 is 1.27 bits per heavy atom. The molecule has 0 radical (unpaired) electrons. The van der Waals surface area contributed by atoms with Crippen LogP contribution in [-0.4, -0.2) is 27.8 Å². The molecule has 0 fully saturated rings. The number of aliphatic imine (C=N–C) groups is 1. The lowest BCUT2D eigenvalue weighted by Gasteiger charge is -2.05. The van der Waals surface area contributed by atoms with Crippen molar-refractivity contribution in [2.45, 2.75) is 0 Å². The molecule has 0 saturated heterocycles. The summed E-state index contributed by atoms with van der Waals surface area (Å²) in [5.74, 6) is -0.208. The Morgan fingerprint density at radius 2 is 2.08 bits per heavy atom. The van der Waals surface area contributed by atoms with Gasteiger partial charge in [-0.25, -0.2) is 4.99 Å². The minimum Gasteiger partial charge on any atom is -0.364 e. The second-order valence-electron chi connectivity index (χ2n) is 5.32. The van der Waals surface area contributed by atoms with Gasteiger partial charge in [-0.05, 0) is 29.8 Å². The third-order valence-corrected chi connectivity index (χ3v) is 5.67. The van der Waals surface area contributed by atoms with Crippen LogP contribution >= 0.6 is 35.0 Å². The van der Waals surface area contributed by atoms with Crippen molar-refractivity contribution in [3.8, 4) is 10.4 Å². The summed E-state index contributed by atoms with van der Waals surface area (Å²) in [6.45, 7) is 0.532. The largest absolute Gasteiger partial charge is 0.364 e. The van der Waals surface area contributed by atoms with Gasteiger partial charge in [0.2, 0.25) is 0 Å². The van der Waals surface area contributed by atoms with E-state index in [0.29, 0.717) is 27.2 Å². The highest BCUT2D eigenvalue weighted by Crippen LogP contribution is 2.39. The van der Waals surface area contributed by atoms with E-state index in [1.807, 2.05) is 42.5 Å². The van der Waals surface area contributed by atoms with Crippen LogP contribution in [0.2, 0.25) is 5.02 Å². The summed E-state index contributed by atoms with van der Waals surface area (Å²) >= 11 is 8.55. The monoisotopic (exact) mass is 402 g/mol. The van der Waals surface area contributed by atoms with Gasteiger partial charge in [0.25, 0.3) is 5.91 Å². The lowest BCUT2D eigenvalue weighted by Crippen LogP contribution is -2.13. The zero-order valence-electron chi connectivity index (χ0n) is 13.2. The van der Waals surface area contributed by atoms with Gasteiger partial charge in [0, 0.05) is 27.3 Å². The van der Waals surface area contributed by atoms with Gasteiger partial charge in [-0.3, -0.25) is 4.79 Å². The number of amides is 1. The van der Waals surface area contributed by atoms with Gasteiger partial charge in [-0.2, -0.15) is 0 Å². The molecular formula is C17H11ClN4O2S2. The second-order valence-corrected chi connectivity index (χ2v) is 7.63. The molecule has 2 aromatic heterocycles. The second kappa shape index (κ2) is 7.16. The van der Waals surface area contributed by atoms with E-state index < -0.39 is 5.91 Å². The number of nitrogens with two attached hydrogens (primary N) is 1. The Bertz CT molecular complexity index is 1060. The number of carbonyl (C=O) groups excluding carboxylic acids is 1. The molecule has 0 atom stereocenters. The molecule has 2 N–H and O–H groups in total. The average Bonchev–Trinajstić information content (AvgIpc) is 3.09. The summed E-state index contributed by atoms with van der Waals surface area (Å²) in [6, 6.07) is 9.39. The number of benzene rings is 1. The van der Waals surface area contributed by atoms with Crippen LogP contribution in [0.25, 0.3) is 20.5 Å². The van der Waals surface area contributed by atoms with Crippen LogP contribution in [0.15, 0.2) is 47.5 Å². The third-order valence-electron chi connectivity index (χ3n) is 3.58. The summed E-state index contributed by atoms with van der Waals surface area (Å²) in [7, 11) is 0. The van der Waals surface area contributed by atoms with E-state index in [4.69, 9.17) is 21.5 Å². The van der Waals surface area contributed by atoms with Crippen LogP contribution in [0.1, 0.15) is 10.5 Å². The first-order chi connectivity index (χ1) is 12.6. The number of hydrogen-bond donors (Lipinski definition) is 1. The summed E-state index contributed by atoms with van der Waals surface area (Å²) in [5.41, 5.74) is 6.57. The first kappa shape index (κ1) is 17.2. The minimum absolute atomic E-state index is 0.136. The molecule has 4 rings (SSSR count). The molecule has 0 aliphatic carbocycles. The third kappa shape index (κ3) is 3.36. The molecule has 0 bridgehead atoms. The highest BCUT2D eigenvalue weighted by molar-refractivity contribution is 8.10. The topological polar surface area (TPSA) is 90.5 Å². The quantitative estimate of drug-likeness (QED) is 0.656. The number of thiophene rings is 1. The normalized spacial score (nSPS) is 15.7. The molecule has 26 heavy (non-hydrogen) atoms. The van der Waals surface area contributed by atoms with Crippen molar-refractivity contribution in [3.63, 3.8) is 0 Å². The first-order valence-corrected chi connectivity index (χ1v) is 9.46. The van der Waals surface area contributed by atoms with E-state index in [0.717, 1.165) is 15.8 Å². The number of halogens is 1. The average molecular weight is 403 g/mol. The SMILES string of the molecule is NC(=O)c1nnc(N=C2C=CCOS2)c2cc(-c3ccc(Cl)cc3)sc12. The summed E-state index contributed by atoms with van der Waals surface area (Å²) < 4.78 is 5.94. The molecule has 130 valence electrons. The standard InChI is InChI=1S/C17H11ClN4O2S2/c18-10-5-3-9(4-6-10)12-8-11-15(25-12)14(16(19)23)21-22-17(11)20-13-2-1-7-24-26-13/h1-6,8H,7H2,(H2,19,23). The van der Waals surface area contributed by atoms with Gasteiger partial charge in [0.05, 0.1) is 11.3 Å². The van der Waals surface area contributed by atoms with Gasteiger partial charge < -0.3 is 9.92 Å². The van der Waals surface area contributed by atoms with Crippen LogP contribution < -0.4 is 5.73 Å². The minimum atomic E-state index is -0.624. The predicted octanol–water partition coefficient (Wildman–Crippen LogP) is 4.38. The number of fused-ring (bicyclic) bond motifs is 1. The Labute approximate surface area is 161 Å². The van der Waals surface area contributed by atoms with Gasteiger partial charge in [-0.15, -0.1) is 21.5 Å². The molecule has 1 amide bonds. The molecule has 1 aromatic carbocycles. The number of primary amides is 1. The fourth-order valence-electron chi connectivity index (χ4n) is 2.40. The predicted molar refractivity (Wildman–Crippen MR) is 106 cm³/mol. The van der Waals surface area contributed by atoms with Crippen LogP contribution in [0, 0.1) is 0 Å². The molecule has 9 heteroatoms. The molecule has 6 nitrogen and oxygen atoms in total. The molecule has 1 aliphatic rings. The van der Waals surface area contributed by atoms with Gasteiger partial charge in [-0.1, -0.05) is 29.8 Å². The Kier molecular flexibility index (Phi) is 4.73. The zero-order valence-corrected chi connectivity index (χ0v) is 15.6. The van der Waals surface area contributed by atoms with Crippen molar-refractivity contribution in [2.75, 3.05) is 6.61 Å². The Balaban J connectivity index is 1.89. The van der Waals surface area contributed by atoms with Crippen molar-refractivity contribution in [1.82, 2.24) is 10.2 Å². The van der Waals surface area contributed by atoms with Crippen LogP contribution in [0.5, 0.6) is 0 Å². The van der Waals surface area contributed by atoms with E-state index in [1.54, 1.807) is 0 Å². The van der Waals surface area contributed by atoms with E-state index in [9.17, 15) is 4.79 Å². The maximum absolute atomic E-state index is 11.7. The Hall–Kier alpha value is -2.26.